The Morgan fingerprint density at radius 2 is 1.76 bits per heavy atom. The van der Waals surface area contributed by atoms with Crippen LogP contribution >= 0.6 is 0 Å². The molecule has 114 valence electrons. The standard InChI is InChI=1S/C13H15NO7/c1-19-12(17)7-21-13(18)8-20-10-4-2-9(3-5-10)14-11(16)6-15/h2-5,15H,6-8H2,1H3,(H,14,16). The lowest BCUT2D eigenvalue weighted by Gasteiger charge is -2.07. The van der Waals surface area contributed by atoms with E-state index in [1.807, 2.05) is 0 Å². The molecule has 1 amide bonds. The van der Waals surface area contributed by atoms with Gasteiger partial charge in [-0.1, -0.05) is 0 Å². The smallest absolute Gasteiger partial charge is 0.344 e. The van der Waals surface area contributed by atoms with Crippen molar-refractivity contribution in [3.05, 3.63) is 24.3 Å². The summed E-state index contributed by atoms with van der Waals surface area (Å²) in [6, 6.07) is 6.15. The molecule has 1 aromatic carbocycles. The number of rotatable bonds is 7. The molecule has 0 spiro atoms. The van der Waals surface area contributed by atoms with Crippen molar-refractivity contribution in [3.63, 3.8) is 0 Å². The second-order valence-corrected chi connectivity index (χ2v) is 3.76. The molecule has 0 fully saturated rings. The minimum atomic E-state index is -0.710. The van der Waals surface area contributed by atoms with Crippen LogP contribution < -0.4 is 10.1 Å². The first kappa shape index (κ1) is 16.4. The van der Waals surface area contributed by atoms with E-state index in [0.717, 1.165) is 0 Å². The van der Waals surface area contributed by atoms with Gasteiger partial charge in [0.05, 0.1) is 7.11 Å². The second kappa shape index (κ2) is 8.54. The molecule has 1 aromatic rings. The van der Waals surface area contributed by atoms with Gasteiger partial charge in [-0.25, -0.2) is 9.59 Å². The third-order valence-corrected chi connectivity index (χ3v) is 2.22. The zero-order valence-electron chi connectivity index (χ0n) is 11.3. The number of hydrogen-bond donors (Lipinski definition) is 2. The summed E-state index contributed by atoms with van der Waals surface area (Å²) in [6.07, 6.45) is 0. The van der Waals surface area contributed by atoms with Crippen molar-refractivity contribution in [3.8, 4) is 5.75 Å². The summed E-state index contributed by atoms with van der Waals surface area (Å²) in [5.41, 5.74) is 0.481. The van der Waals surface area contributed by atoms with Gasteiger partial charge in [0.25, 0.3) is 0 Å². The van der Waals surface area contributed by atoms with Crippen LogP contribution in [0.1, 0.15) is 0 Å². The molecule has 0 atom stereocenters. The highest BCUT2D eigenvalue weighted by Crippen LogP contribution is 2.15. The van der Waals surface area contributed by atoms with E-state index >= 15 is 0 Å². The first-order valence-electron chi connectivity index (χ1n) is 5.91. The van der Waals surface area contributed by atoms with Gasteiger partial charge in [-0.3, -0.25) is 4.79 Å². The molecule has 0 saturated heterocycles. The maximum atomic E-state index is 11.2. The Hall–Kier alpha value is -2.61. The number of nitrogens with one attached hydrogen (secondary N) is 1. The Labute approximate surface area is 120 Å². The number of anilines is 1. The first-order chi connectivity index (χ1) is 10.0. The van der Waals surface area contributed by atoms with E-state index in [1.165, 1.54) is 19.2 Å². The summed E-state index contributed by atoms with van der Waals surface area (Å²) in [5, 5.41) is 11.0. The summed E-state index contributed by atoms with van der Waals surface area (Å²) >= 11 is 0. The molecule has 0 radical (unpaired) electrons. The fourth-order valence-corrected chi connectivity index (χ4v) is 1.22. The lowest BCUT2D eigenvalue weighted by Crippen LogP contribution is -2.20. The fraction of sp³-hybridized carbons (Fsp3) is 0.308. The molecular weight excluding hydrogens is 282 g/mol. The van der Waals surface area contributed by atoms with E-state index in [9.17, 15) is 14.4 Å². The molecule has 0 aliphatic rings. The molecule has 2 N–H and O–H groups in total. The predicted octanol–water partition coefficient (Wildman–Crippen LogP) is -0.288. The van der Waals surface area contributed by atoms with E-state index in [2.05, 4.69) is 14.8 Å². The zero-order valence-corrected chi connectivity index (χ0v) is 11.3. The van der Waals surface area contributed by atoms with Crippen LogP contribution in [0.2, 0.25) is 0 Å². The van der Waals surface area contributed by atoms with Crippen LogP contribution in [0.3, 0.4) is 0 Å². The monoisotopic (exact) mass is 297 g/mol. The van der Waals surface area contributed by atoms with Crippen LogP contribution in [0.5, 0.6) is 5.75 Å². The summed E-state index contributed by atoms with van der Waals surface area (Å²) in [6.45, 7) is -1.44. The molecule has 0 bridgehead atoms. The van der Waals surface area contributed by atoms with Crippen molar-refractivity contribution in [2.45, 2.75) is 0 Å². The Bertz CT molecular complexity index is 498. The molecule has 0 unspecified atom stereocenters. The first-order valence-corrected chi connectivity index (χ1v) is 5.91. The zero-order chi connectivity index (χ0) is 15.7. The van der Waals surface area contributed by atoms with Gasteiger partial charge < -0.3 is 24.6 Å². The summed E-state index contributed by atoms with van der Waals surface area (Å²) in [7, 11) is 1.18. The van der Waals surface area contributed by atoms with Gasteiger partial charge in [0.1, 0.15) is 12.4 Å². The number of benzene rings is 1. The van der Waals surface area contributed by atoms with Crippen LogP contribution in [0.25, 0.3) is 0 Å². The highest BCUT2D eigenvalue weighted by molar-refractivity contribution is 5.91. The fourth-order valence-electron chi connectivity index (χ4n) is 1.22. The Morgan fingerprint density at radius 1 is 1.10 bits per heavy atom. The van der Waals surface area contributed by atoms with Gasteiger partial charge in [0, 0.05) is 5.69 Å². The van der Waals surface area contributed by atoms with E-state index < -0.39 is 31.1 Å². The van der Waals surface area contributed by atoms with Crippen LogP contribution in [-0.2, 0) is 23.9 Å². The number of amides is 1. The van der Waals surface area contributed by atoms with Crippen molar-refractivity contribution in [2.24, 2.45) is 0 Å². The minimum absolute atomic E-state index is 0.362. The molecule has 0 aromatic heterocycles. The molecule has 0 saturated carbocycles. The summed E-state index contributed by atoms with van der Waals surface area (Å²) in [4.78, 5) is 32.9. The van der Waals surface area contributed by atoms with Gasteiger partial charge in [-0.05, 0) is 24.3 Å². The highest BCUT2D eigenvalue weighted by Gasteiger charge is 2.08. The number of hydrogen-bond acceptors (Lipinski definition) is 7. The Kier molecular flexibility index (Phi) is 6.69. The molecule has 21 heavy (non-hydrogen) atoms. The van der Waals surface area contributed by atoms with Gasteiger partial charge in [-0.15, -0.1) is 0 Å². The molecule has 0 aliphatic carbocycles. The average molecular weight is 297 g/mol. The summed E-state index contributed by atoms with van der Waals surface area (Å²) < 4.78 is 14.0. The number of carbonyl (C=O) groups excluding carboxylic acids is 3. The van der Waals surface area contributed by atoms with Crippen LogP contribution in [0, 0.1) is 0 Å². The quantitative estimate of drug-likeness (QED) is 0.665. The predicted molar refractivity (Wildman–Crippen MR) is 70.6 cm³/mol. The second-order valence-electron chi connectivity index (χ2n) is 3.76. The SMILES string of the molecule is COC(=O)COC(=O)COc1ccc(NC(=O)CO)cc1. The highest BCUT2D eigenvalue weighted by atomic mass is 16.6. The number of methoxy groups -OCH3 is 1. The van der Waals surface area contributed by atoms with Crippen molar-refractivity contribution in [2.75, 3.05) is 32.2 Å². The third kappa shape index (κ3) is 6.39. The van der Waals surface area contributed by atoms with Gasteiger partial charge in [0.2, 0.25) is 5.91 Å². The van der Waals surface area contributed by atoms with Gasteiger partial charge >= 0.3 is 11.9 Å². The molecule has 8 nitrogen and oxygen atoms in total. The molecule has 1 rings (SSSR count). The van der Waals surface area contributed by atoms with Crippen molar-refractivity contribution < 1.29 is 33.7 Å². The van der Waals surface area contributed by atoms with Crippen LogP contribution in [-0.4, -0.2) is 49.9 Å². The minimum Gasteiger partial charge on any atom is -0.482 e. The van der Waals surface area contributed by atoms with Gasteiger partial charge in [0.15, 0.2) is 13.2 Å². The topological polar surface area (TPSA) is 111 Å². The number of ether oxygens (including phenoxy) is 3. The maximum absolute atomic E-state index is 11.2. The van der Waals surface area contributed by atoms with E-state index in [1.54, 1.807) is 12.1 Å². The lowest BCUT2D eigenvalue weighted by molar-refractivity contribution is -0.158. The van der Waals surface area contributed by atoms with E-state index in [4.69, 9.17) is 9.84 Å². The molecule has 0 heterocycles. The number of aliphatic hydroxyl groups excluding tert-OH is 1. The largest absolute Gasteiger partial charge is 0.482 e. The van der Waals surface area contributed by atoms with Gasteiger partial charge in [-0.2, -0.15) is 0 Å². The molecular formula is C13H15NO7. The Morgan fingerprint density at radius 3 is 2.33 bits per heavy atom. The van der Waals surface area contributed by atoms with Crippen LogP contribution in [0.15, 0.2) is 24.3 Å². The average Bonchev–Trinajstić information content (AvgIpc) is 2.51. The van der Waals surface area contributed by atoms with E-state index in [0.29, 0.717) is 11.4 Å². The van der Waals surface area contributed by atoms with E-state index in [-0.39, 0.29) is 6.61 Å². The normalized spacial score (nSPS) is 9.62. The molecule has 0 aliphatic heterocycles. The van der Waals surface area contributed by atoms with Crippen LogP contribution in [0.4, 0.5) is 5.69 Å². The summed E-state index contributed by atoms with van der Waals surface area (Å²) in [5.74, 6) is -1.52. The number of esters is 2. The van der Waals surface area contributed by atoms with Crippen molar-refractivity contribution >= 4 is 23.5 Å². The Balaban J connectivity index is 2.37. The third-order valence-electron chi connectivity index (χ3n) is 2.22. The number of carbonyl (C=O) groups is 3. The number of aliphatic hydroxyl groups is 1. The molecule has 8 heteroatoms. The maximum Gasteiger partial charge on any atom is 0.344 e. The van der Waals surface area contributed by atoms with Crippen molar-refractivity contribution in [1.82, 2.24) is 0 Å². The van der Waals surface area contributed by atoms with Crippen molar-refractivity contribution in [1.29, 1.82) is 0 Å². The lowest BCUT2D eigenvalue weighted by atomic mass is 10.3.